The maximum absolute atomic E-state index is 6.38. The van der Waals surface area contributed by atoms with Gasteiger partial charge in [-0.25, -0.2) is 0 Å². The average molecular weight is 387 g/mol. The summed E-state index contributed by atoms with van der Waals surface area (Å²) in [6, 6.07) is 14.3. The SMILES string of the molecule is CCCNC(Cc1cccc(Br)c1)c1cccc(Cl)c1Cl. The van der Waals surface area contributed by atoms with E-state index >= 15 is 0 Å². The summed E-state index contributed by atoms with van der Waals surface area (Å²) in [7, 11) is 0. The molecular formula is C17H18BrCl2N. The highest BCUT2D eigenvalue weighted by Crippen LogP contribution is 2.31. The predicted molar refractivity (Wildman–Crippen MR) is 95.3 cm³/mol. The summed E-state index contributed by atoms with van der Waals surface area (Å²) >= 11 is 16.1. The molecule has 0 saturated carbocycles. The molecule has 0 radical (unpaired) electrons. The summed E-state index contributed by atoms with van der Waals surface area (Å²) in [6.07, 6.45) is 1.95. The first-order valence-electron chi connectivity index (χ1n) is 7.03. The molecule has 0 spiro atoms. The minimum Gasteiger partial charge on any atom is -0.310 e. The molecule has 112 valence electrons. The van der Waals surface area contributed by atoms with Crippen molar-refractivity contribution in [3.05, 3.63) is 68.1 Å². The molecule has 2 aromatic carbocycles. The van der Waals surface area contributed by atoms with Crippen LogP contribution in [0.1, 0.15) is 30.5 Å². The Kier molecular flexibility index (Phi) is 6.56. The minimum atomic E-state index is 0.158. The highest BCUT2D eigenvalue weighted by molar-refractivity contribution is 9.10. The maximum atomic E-state index is 6.38. The minimum absolute atomic E-state index is 0.158. The molecule has 1 N–H and O–H groups in total. The largest absolute Gasteiger partial charge is 0.310 e. The van der Waals surface area contributed by atoms with Crippen LogP contribution in [0.25, 0.3) is 0 Å². The number of nitrogens with one attached hydrogen (secondary N) is 1. The second kappa shape index (κ2) is 8.19. The zero-order chi connectivity index (χ0) is 15.2. The van der Waals surface area contributed by atoms with E-state index in [9.17, 15) is 0 Å². The highest BCUT2D eigenvalue weighted by Gasteiger charge is 2.16. The van der Waals surface area contributed by atoms with Gasteiger partial charge in [-0.1, -0.05) is 70.3 Å². The van der Waals surface area contributed by atoms with Gasteiger partial charge in [-0.2, -0.15) is 0 Å². The third-order valence-corrected chi connectivity index (χ3v) is 4.65. The van der Waals surface area contributed by atoms with Gasteiger partial charge in [0, 0.05) is 10.5 Å². The van der Waals surface area contributed by atoms with Crippen molar-refractivity contribution < 1.29 is 0 Å². The first-order chi connectivity index (χ1) is 10.1. The van der Waals surface area contributed by atoms with Crippen LogP contribution in [-0.2, 0) is 6.42 Å². The van der Waals surface area contributed by atoms with Crippen molar-refractivity contribution in [1.29, 1.82) is 0 Å². The van der Waals surface area contributed by atoms with Gasteiger partial charge in [-0.15, -0.1) is 0 Å². The lowest BCUT2D eigenvalue weighted by atomic mass is 9.98. The molecule has 0 saturated heterocycles. The lowest BCUT2D eigenvalue weighted by Gasteiger charge is -2.21. The van der Waals surface area contributed by atoms with Crippen molar-refractivity contribution >= 4 is 39.1 Å². The average Bonchev–Trinajstić information content (AvgIpc) is 2.47. The Labute approximate surface area is 144 Å². The normalized spacial score (nSPS) is 12.4. The summed E-state index contributed by atoms with van der Waals surface area (Å²) in [5.74, 6) is 0. The Hall–Kier alpha value is -0.540. The quantitative estimate of drug-likeness (QED) is 0.638. The third kappa shape index (κ3) is 4.72. The van der Waals surface area contributed by atoms with E-state index in [1.54, 1.807) is 0 Å². The van der Waals surface area contributed by atoms with E-state index in [1.807, 2.05) is 24.3 Å². The van der Waals surface area contributed by atoms with Crippen molar-refractivity contribution in [3.8, 4) is 0 Å². The first-order valence-corrected chi connectivity index (χ1v) is 8.58. The van der Waals surface area contributed by atoms with Crippen LogP contribution in [0, 0.1) is 0 Å². The zero-order valence-corrected chi connectivity index (χ0v) is 15.0. The molecule has 0 aliphatic carbocycles. The summed E-state index contributed by atoms with van der Waals surface area (Å²) in [6.45, 7) is 3.10. The Morgan fingerprint density at radius 1 is 1.14 bits per heavy atom. The molecule has 0 heterocycles. The van der Waals surface area contributed by atoms with E-state index in [4.69, 9.17) is 23.2 Å². The van der Waals surface area contributed by atoms with Gasteiger partial charge < -0.3 is 5.32 Å². The summed E-state index contributed by atoms with van der Waals surface area (Å²) in [5, 5.41) is 4.81. The van der Waals surface area contributed by atoms with Crippen LogP contribution in [-0.4, -0.2) is 6.54 Å². The van der Waals surface area contributed by atoms with Crippen LogP contribution in [0.5, 0.6) is 0 Å². The summed E-state index contributed by atoms with van der Waals surface area (Å²) in [5.41, 5.74) is 2.31. The van der Waals surface area contributed by atoms with E-state index in [0.29, 0.717) is 10.0 Å². The molecule has 2 aromatic rings. The molecule has 0 aliphatic heterocycles. The van der Waals surface area contributed by atoms with Crippen molar-refractivity contribution in [1.82, 2.24) is 5.32 Å². The molecule has 4 heteroatoms. The van der Waals surface area contributed by atoms with Crippen LogP contribution in [0.4, 0.5) is 0 Å². The second-order valence-corrected chi connectivity index (χ2v) is 6.68. The Balaban J connectivity index is 2.27. The van der Waals surface area contributed by atoms with E-state index in [0.717, 1.165) is 29.4 Å². The van der Waals surface area contributed by atoms with Crippen molar-refractivity contribution in [3.63, 3.8) is 0 Å². The van der Waals surface area contributed by atoms with E-state index in [2.05, 4.69) is 46.4 Å². The van der Waals surface area contributed by atoms with Crippen molar-refractivity contribution in [2.75, 3.05) is 6.54 Å². The third-order valence-electron chi connectivity index (χ3n) is 3.33. The molecule has 0 aromatic heterocycles. The monoisotopic (exact) mass is 385 g/mol. The van der Waals surface area contributed by atoms with Gasteiger partial charge in [0.1, 0.15) is 0 Å². The number of halogens is 3. The number of hydrogen-bond donors (Lipinski definition) is 1. The first kappa shape index (κ1) is 16.8. The van der Waals surface area contributed by atoms with Gasteiger partial charge in [-0.3, -0.25) is 0 Å². The molecule has 0 amide bonds. The topological polar surface area (TPSA) is 12.0 Å². The zero-order valence-electron chi connectivity index (χ0n) is 11.9. The van der Waals surface area contributed by atoms with Gasteiger partial charge in [0.05, 0.1) is 10.0 Å². The van der Waals surface area contributed by atoms with Gasteiger partial charge in [0.2, 0.25) is 0 Å². The highest BCUT2D eigenvalue weighted by atomic mass is 79.9. The predicted octanol–water partition coefficient (Wildman–Crippen LogP) is 6.04. The molecular weight excluding hydrogens is 369 g/mol. The fourth-order valence-electron chi connectivity index (χ4n) is 2.30. The maximum Gasteiger partial charge on any atom is 0.0640 e. The van der Waals surface area contributed by atoms with Crippen molar-refractivity contribution in [2.45, 2.75) is 25.8 Å². The lowest BCUT2D eigenvalue weighted by molar-refractivity contribution is 0.529. The van der Waals surface area contributed by atoms with Crippen molar-refractivity contribution in [2.24, 2.45) is 0 Å². The van der Waals surface area contributed by atoms with Gasteiger partial charge in [0.15, 0.2) is 0 Å². The van der Waals surface area contributed by atoms with Crippen LogP contribution in [0.2, 0.25) is 10.0 Å². The Bertz CT molecular complexity index is 601. The summed E-state index contributed by atoms with van der Waals surface area (Å²) < 4.78 is 1.09. The molecule has 1 nitrogen and oxygen atoms in total. The van der Waals surface area contributed by atoms with Crippen LogP contribution in [0.15, 0.2) is 46.9 Å². The van der Waals surface area contributed by atoms with Gasteiger partial charge in [-0.05, 0) is 48.7 Å². The molecule has 0 aliphatic rings. The van der Waals surface area contributed by atoms with Crippen LogP contribution < -0.4 is 5.32 Å². The fourth-order valence-corrected chi connectivity index (χ4v) is 3.19. The molecule has 21 heavy (non-hydrogen) atoms. The van der Waals surface area contributed by atoms with E-state index < -0.39 is 0 Å². The molecule has 1 unspecified atom stereocenters. The number of hydrogen-bond acceptors (Lipinski definition) is 1. The summed E-state index contributed by atoms with van der Waals surface area (Å²) in [4.78, 5) is 0. The van der Waals surface area contributed by atoms with Gasteiger partial charge in [0.25, 0.3) is 0 Å². The lowest BCUT2D eigenvalue weighted by Crippen LogP contribution is -2.24. The standard InChI is InChI=1S/C17H18BrCl2N/c1-2-9-21-16(11-12-5-3-6-13(18)10-12)14-7-4-8-15(19)17(14)20/h3-8,10,16,21H,2,9,11H2,1H3. The van der Waals surface area contributed by atoms with Gasteiger partial charge >= 0.3 is 0 Å². The molecule has 2 rings (SSSR count). The molecule has 0 fully saturated rings. The molecule has 1 atom stereocenters. The van der Waals surface area contributed by atoms with E-state index in [1.165, 1.54) is 5.56 Å². The second-order valence-electron chi connectivity index (χ2n) is 4.98. The van der Waals surface area contributed by atoms with Crippen LogP contribution >= 0.6 is 39.1 Å². The van der Waals surface area contributed by atoms with E-state index in [-0.39, 0.29) is 6.04 Å². The number of rotatable bonds is 6. The Morgan fingerprint density at radius 2 is 1.90 bits per heavy atom. The Morgan fingerprint density at radius 3 is 2.62 bits per heavy atom. The number of benzene rings is 2. The van der Waals surface area contributed by atoms with Crippen LogP contribution in [0.3, 0.4) is 0 Å². The molecule has 0 bridgehead atoms. The smallest absolute Gasteiger partial charge is 0.0640 e. The fraction of sp³-hybridized carbons (Fsp3) is 0.294.